The lowest BCUT2D eigenvalue weighted by molar-refractivity contribution is -0.274. The minimum Gasteiger partial charge on any atom is -0.406 e. The van der Waals surface area contributed by atoms with E-state index < -0.39 is 12.4 Å². The van der Waals surface area contributed by atoms with Crippen molar-refractivity contribution in [3.63, 3.8) is 0 Å². The fourth-order valence-corrected chi connectivity index (χ4v) is 4.75. The Morgan fingerprint density at radius 3 is 2.55 bits per heavy atom. The normalized spacial score (nSPS) is 16.0. The summed E-state index contributed by atoms with van der Waals surface area (Å²) in [7, 11) is 3.84. The number of carbonyl (C=O) groups is 1. The number of fused-ring (bicyclic) bond motifs is 1. The molecule has 2 aromatic carbocycles. The van der Waals surface area contributed by atoms with Crippen LogP contribution < -0.4 is 9.64 Å². The lowest BCUT2D eigenvalue weighted by Gasteiger charge is -2.36. The van der Waals surface area contributed by atoms with Crippen LogP contribution in [0.1, 0.15) is 32.4 Å². The van der Waals surface area contributed by atoms with Gasteiger partial charge in [0.25, 0.3) is 5.91 Å². The van der Waals surface area contributed by atoms with E-state index in [0.29, 0.717) is 24.1 Å². The molecule has 1 atom stereocenters. The molecule has 0 saturated carbocycles. The summed E-state index contributed by atoms with van der Waals surface area (Å²) < 4.78 is 42.3. The Morgan fingerprint density at radius 1 is 1.13 bits per heavy atom. The van der Waals surface area contributed by atoms with Crippen LogP contribution in [0.15, 0.2) is 60.0 Å². The van der Waals surface area contributed by atoms with Crippen molar-refractivity contribution < 1.29 is 22.7 Å². The van der Waals surface area contributed by atoms with Crippen LogP contribution in [0.5, 0.6) is 5.75 Å². The third-order valence-electron chi connectivity index (χ3n) is 5.26. The smallest absolute Gasteiger partial charge is 0.406 e. The van der Waals surface area contributed by atoms with Gasteiger partial charge in [-0.05, 0) is 65.4 Å². The van der Waals surface area contributed by atoms with Crippen molar-refractivity contribution in [3.8, 4) is 5.75 Å². The Morgan fingerprint density at radius 2 is 1.87 bits per heavy atom. The highest BCUT2D eigenvalue weighted by Gasteiger charge is 2.35. The van der Waals surface area contributed by atoms with E-state index in [1.165, 1.54) is 18.2 Å². The third kappa shape index (κ3) is 4.54. The molecule has 1 aliphatic heterocycles. The van der Waals surface area contributed by atoms with Gasteiger partial charge in [-0.1, -0.05) is 12.1 Å². The number of nitrogens with zero attached hydrogens (tertiary/aromatic N) is 2. The predicted octanol–water partition coefficient (Wildman–Crippen LogP) is 5.50. The number of alkyl halides is 3. The molecule has 1 aromatic heterocycles. The molecule has 0 saturated heterocycles. The Kier molecular flexibility index (Phi) is 5.66. The van der Waals surface area contributed by atoms with Crippen LogP contribution in [0.2, 0.25) is 0 Å². The van der Waals surface area contributed by atoms with Crippen molar-refractivity contribution in [3.05, 3.63) is 81.5 Å². The topological polar surface area (TPSA) is 32.8 Å². The predicted molar refractivity (Wildman–Crippen MR) is 115 cm³/mol. The van der Waals surface area contributed by atoms with E-state index in [1.807, 2.05) is 42.6 Å². The van der Waals surface area contributed by atoms with Crippen molar-refractivity contribution in [2.75, 3.05) is 25.5 Å². The fraction of sp³-hybridized carbons (Fsp3) is 0.261. The van der Waals surface area contributed by atoms with Crippen molar-refractivity contribution in [2.45, 2.75) is 18.8 Å². The number of rotatable bonds is 4. The fourth-order valence-electron chi connectivity index (χ4n) is 3.84. The summed E-state index contributed by atoms with van der Waals surface area (Å²) in [6.07, 6.45) is -4.06. The monoisotopic (exact) mass is 446 g/mol. The number of hydrogen-bond donors (Lipinski definition) is 0. The van der Waals surface area contributed by atoms with Crippen LogP contribution in [-0.2, 0) is 6.42 Å². The van der Waals surface area contributed by atoms with Gasteiger partial charge in [-0.25, -0.2) is 0 Å². The minimum atomic E-state index is -4.78. The second-order valence-electron chi connectivity index (χ2n) is 7.51. The number of hydrogen-bond acceptors (Lipinski definition) is 4. The molecule has 0 N–H and O–H groups in total. The molecule has 8 heteroatoms. The van der Waals surface area contributed by atoms with Crippen LogP contribution in [0.25, 0.3) is 0 Å². The molecule has 162 valence electrons. The number of carbonyl (C=O) groups excluding carboxylic acids is 1. The van der Waals surface area contributed by atoms with Crippen molar-refractivity contribution >= 4 is 22.9 Å². The van der Waals surface area contributed by atoms with Gasteiger partial charge in [0.2, 0.25) is 0 Å². The van der Waals surface area contributed by atoms with Crippen LogP contribution in [-0.4, -0.2) is 37.8 Å². The van der Waals surface area contributed by atoms with Crippen molar-refractivity contribution in [1.82, 2.24) is 4.90 Å². The molecule has 31 heavy (non-hydrogen) atoms. The van der Waals surface area contributed by atoms with Gasteiger partial charge in [-0.15, -0.1) is 24.5 Å². The molecule has 4 rings (SSSR count). The quantitative estimate of drug-likeness (QED) is 0.531. The van der Waals surface area contributed by atoms with E-state index in [1.54, 1.807) is 34.4 Å². The highest BCUT2D eigenvalue weighted by atomic mass is 32.1. The molecular formula is C23H21F3N2O2S. The number of ether oxygens (including phenoxy) is 1. The number of amides is 1. The molecule has 0 radical (unpaired) electrons. The Bertz CT molecular complexity index is 1080. The summed E-state index contributed by atoms with van der Waals surface area (Å²) in [4.78, 5) is 18.2. The zero-order chi connectivity index (χ0) is 22.2. The van der Waals surface area contributed by atoms with Gasteiger partial charge in [0.15, 0.2) is 0 Å². The lowest BCUT2D eigenvalue weighted by atomic mass is 9.92. The molecule has 3 aromatic rings. The van der Waals surface area contributed by atoms with E-state index in [2.05, 4.69) is 4.74 Å². The second-order valence-corrected chi connectivity index (χ2v) is 8.51. The maximum absolute atomic E-state index is 13.4. The lowest BCUT2D eigenvalue weighted by Crippen LogP contribution is -2.40. The van der Waals surface area contributed by atoms with E-state index in [4.69, 9.17) is 0 Å². The highest BCUT2D eigenvalue weighted by molar-refractivity contribution is 7.10. The molecule has 2 heterocycles. The maximum Gasteiger partial charge on any atom is 0.573 e. The van der Waals surface area contributed by atoms with Crippen LogP contribution in [0.3, 0.4) is 0 Å². The highest BCUT2D eigenvalue weighted by Crippen LogP contribution is 2.40. The Labute approximate surface area is 182 Å². The van der Waals surface area contributed by atoms with E-state index in [-0.39, 0.29) is 11.7 Å². The van der Waals surface area contributed by atoms with Crippen molar-refractivity contribution in [2.24, 2.45) is 0 Å². The average Bonchev–Trinajstić information content (AvgIpc) is 3.20. The van der Waals surface area contributed by atoms with Gasteiger partial charge >= 0.3 is 6.36 Å². The minimum absolute atomic E-state index is 0.158. The van der Waals surface area contributed by atoms with E-state index >= 15 is 0 Å². The molecule has 0 bridgehead atoms. The van der Waals surface area contributed by atoms with Gasteiger partial charge in [-0.2, -0.15) is 0 Å². The first kappa shape index (κ1) is 21.2. The zero-order valence-electron chi connectivity index (χ0n) is 17.0. The van der Waals surface area contributed by atoms with Crippen molar-refractivity contribution in [1.29, 1.82) is 0 Å². The maximum atomic E-state index is 13.4. The third-order valence-corrected chi connectivity index (χ3v) is 6.26. The SMILES string of the molecule is CN(C)c1ccc(C(=O)N2CCc3sccc3C2c2cccc(OC(F)(F)F)c2)cc1. The molecule has 1 amide bonds. The molecule has 1 unspecified atom stereocenters. The summed E-state index contributed by atoms with van der Waals surface area (Å²) in [5.41, 5.74) is 3.04. The Balaban J connectivity index is 1.71. The summed E-state index contributed by atoms with van der Waals surface area (Å²) in [6.45, 7) is 0.483. The molecule has 1 aliphatic rings. The standard InChI is InChI=1S/C23H21F3N2O2S/c1-27(2)17-8-6-15(7-9-17)22(29)28-12-10-20-19(11-13-31-20)21(28)16-4-3-5-18(14-16)30-23(24,25)26/h3-9,11,13-14,21H,10,12H2,1-2H3. The molecule has 0 spiro atoms. The van der Waals surface area contributed by atoms with Gasteiger partial charge in [-0.3, -0.25) is 4.79 Å². The average molecular weight is 446 g/mol. The second kappa shape index (κ2) is 8.26. The van der Waals surface area contributed by atoms with Gasteiger partial charge < -0.3 is 14.5 Å². The molecule has 4 nitrogen and oxygen atoms in total. The van der Waals surface area contributed by atoms with Crippen LogP contribution >= 0.6 is 11.3 Å². The number of thiophene rings is 1. The van der Waals surface area contributed by atoms with Gasteiger partial charge in [0.1, 0.15) is 5.75 Å². The molecule has 0 fully saturated rings. The number of anilines is 1. The number of benzene rings is 2. The summed E-state index contributed by atoms with van der Waals surface area (Å²) in [5.74, 6) is -0.454. The molecular weight excluding hydrogens is 425 g/mol. The first-order valence-corrected chi connectivity index (χ1v) is 10.6. The molecule has 0 aliphatic carbocycles. The van der Waals surface area contributed by atoms with Gasteiger partial charge in [0.05, 0.1) is 6.04 Å². The van der Waals surface area contributed by atoms with Crippen LogP contribution in [0, 0.1) is 0 Å². The summed E-state index contributed by atoms with van der Waals surface area (Å²) >= 11 is 1.60. The largest absolute Gasteiger partial charge is 0.573 e. The van der Waals surface area contributed by atoms with Crippen LogP contribution in [0.4, 0.5) is 18.9 Å². The van der Waals surface area contributed by atoms with E-state index in [9.17, 15) is 18.0 Å². The summed E-state index contributed by atoms with van der Waals surface area (Å²) in [5, 5.41) is 1.95. The van der Waals surface area contributed by atoms with Gasteiger partial charge in [0, 0.05) is 36.8 Å². The van der Waals surface area contributed by atoms with E-state index in [0.717, 1.165) is 16.1 Å². The number of halogens is 3. The summed E-state index contributed by atoms with van der Waals surface area (Å²) in [6, 6.07) is 14.6. The first-order valence-electron chi connectivity index (χ1n) is 9.73. The first-order chi connectivity index (χ1) is 14.7. The zero-order valence-corrected chi connectivity index (χ0v) is 17.8. The Hall–Kier alpha value is -3.00.